The SMILES string of the molecule is Cc1ccc(CN(C)c2ccc(S(=O)(=O)N3CCOCC3)cn2)cc1. The van der Waals surface area contributed by atoms with Crippen LogP contribution in [-0.2, 0) is 21.3 Å². The largest absolute Gasteiger partial charge is 0.379 e. The summed E-state index contributed by atoms with van der Waals surface area (Å²) < 4.78 is 31.9. The van der Waals surface area contributed by atoms with Gasteiger partial charge in [0, 0.05) is 32.9 Å². The van der Waals surface area contributed by atoms with E-state index in [1.807, 2.05) is 11.9 Å². The van der Waals surface area contributed by atoms with Crippen molar-refractivity contribution in [1.82, 2.24) is 9.29 Å². The van der Waals surface area contributed by atoms with Crippen LogP contribution < -0.4 is 4.90 Å². The van der Waals surface area contributed by atoms with Gasteiger partial charge in [0.2, 0.25) is 10.0 Å². The molecule has 7 heteroatoms. The highest BCUT2D eigenvalue weighted by Crippen LogP contribution is 2.19. The van der Waals surface area contributed by atoms with Crippen molar-refractivity contribution in [2.75, 3.05) is 38.3 Å². The van der Waals surface area contributed by atoms with Crippen LogP contribution >= 0.6 is 0 Å². The molecule has 0 aliphatic carbocycles. The number of rotatable bonds is 5. The highest BCUT2D eigenvalue weighted by molar-refractivity contribution is 7.89. The van der Waals surface area contributed by atoms with Crippen molar-refractivity contribution in [2.45, 2.75) is 18.4 Å². The number of ether oxygens (including phenoxy) is 1. The van der Waals surface area contributed by atoms with Gasteiger partial charge in [-0.05, 0) is 24.6 Å². The molecule has 6 nitrogen and oxygen atoms in total. The van der Waals surface area contributed by atoms with Crippen LogP contribution in [0.1, 0.15) is 11.1 Å². The number of hydrogen-bond acceptors (Lipinski definition) is 5. The first kappa shape index (κ1) is 17.8. The number of aromatic nitrogens is 1. The molecule has 0 amide bonds. The van der Waals surface area contributed by atoms with Crippen LogP contribution in [0.25, 0.3) is 0 Å². The summed E-state index contributed by atoms with van der Waals surface area (Å²) in [4.78, 5) is 6.56. The molecule has 0 N–H and O–H groups in total. The summed E-state index contributed by atoms with van der Waals surface area (Å²) in [5.41, 5.74) is 2.40. The van der Waals surface area contributed by atoms with Gasteiger partial charge in [0.25, 0.3) is 0 Å². The highest BCUT2D eigenvalue weighted by atomic mass is 32.2. The molecule has 0 atom stereocenters. The maximum atomic E-state index is 12.6. The van der Waals surface area contributed by atoms with Crippen molar-refractivity contribution in [3.05, 3.63) is 53.7 Å². The lowest BCUT2D eigenvalue weighted by molar-refractivity contribution is 0.0730. The summed E-state index contributed by atoms with van der Waals surface area (Å²) in [6.07, 6.45) is 1.44. The molecular weight excluding hydrogens is 338 g/mol. The van der Waals surface area contributed by atoms with Crippen LogP contribution in [0.2, 0.25) is 0 Å². The second-order valence-corrected chi connectivity index (χ2v) is 8.15. The van der Waals surface area contributed by atoms with E-state index in [1.165, 1.54) is 21.6 Å². The van der Waals surface area contributed by atoms with E-state index in [0.717, 1.165) is 5.82 Å². The van der Waals surface area contributed by atoms with Gasteiger partial charge in [-0.15, -0.1) is 0 Å². The first-order valence-corrected chi connectivity index (χ1v) is 9.71. The zero-order valence-electron chi connectivity index (χ0n) is 14.6. The number of anilines is 1. The molecule has 0 saturated carbocycles. The van der Waals surface area contributed by atoms with Crippen LogP contribution in [0.5, 0.6) is 0 Å². The molecule has 1 fully saturated rings. The van der Waals surface area contributed by atoms with Crippen LogP contribution in [-0.4, -0.2) is 51.1 Å². The van der Waals surface area contributed by atoms with E-state index in [2.05, 4.69) is 36.2 Å². The summed E-state index contributed by atoms with van der Waals surface area (Å²) >= 11 is 0. The van der Waals surface area contributed by atoms with Gasteiger partial charge in [0.05, 0.1) is 13.2 Å². The molecular formula is C18H23N3O3S. The Morgan fingerprint density at radius 3 is 2.40 bits per heavy atom. The Labute approximate surface area is 149 Å². The molecule has 134 valence electrons. The average molecular weight is 361 g/mol. The van der Waals surface area contributed by atoms with Gasteiger partial charge in [-0.2, -0.15) is 4.31 Å². The van der Waals surface area contributed by atoms with E-state index in [0.29, 0.717) is 32.8 Å². The Hall–Kier alpha value is -1.96. The Bertz CT molecular complexity index is 798. The minimum Gasteiger partial charge on any atom is -0.379 e. The van der Waals surface area contributed by atoms with E-state index in [4.69, 9.17) is 4.74 Å². The normalized spacial score (nSPS) is 15.9. The summed E-state index contributed by atoms with van der Waals surface area (Å²) in [6.45, 7) is 4.41. The zero-order chi connectivity index (χ0) is 17.9. The molecule has 1 aliphatic heterocycles. The van der Waals surface area contributed by atoms with Gasteiger partial charge in [0.1, 0.15) is 10.7 Å². The lowest BCUT2D eigenvalue weighted by Gasteiger charge is -2.26. The third kappa shape index (κ3) is 4.18. The summed E-state index contributed by atoms with van der Waals surface area (Å²) in [5, 5.41) is 0. The smallest absolute Gasteiger partial charge is 0.244 e. The number of morpholine rings is 1. The second-order valence-electron chi connectivity index (χ2n) is 6.21. The van der Waals surface area contributed by atoms with Crippen molar-refractivity contribution in [3.8, 4) is 0 Å². The van der Waals surface area contributed by atoms with Gasteiger partial charge in [-0.3, -0.25) is 0 Å². The van der Waals surface area contributed by atoms with E-state index in [-0.39, 0.29) is 4.90 Å². The zero-order valence-corrected chi connectivity index (χ0v) is 15.4. The first-order chi connectivity index (χ1) is 12.0. The van der Waals surface area contributed by atoms with Crippen LogP contribution in [0.15, 0.2) is 47.5 Å². The average Bonchev–Trinajstić information content (AvgIpc) is 2.64. The highest BCUT2D eigenvalue weighted by Gasteiger charge is 2.26. The van der Waals surface area contributed by atoms with Gasteiger partial charge in [-0.1, -0.05) is 29.8 Å². The van der Waals surface area contributed by atoms with Crippen molar-refractivity contribution in [1.29, 1.82) is 0 Å². The van der Waals surface area contributed by atoms with Crippen molar-refractivity contribution >= 4 is 15.8 Å². The summed E-state index contributed by atoms with van der Waals surface area (Å²) in [5.74, 6) is 0.738. The van der Waals surface area contributed by atoms with Crippen LogP contribution in [0.3, 0.4) is 0 Å². The number of aryl methyl sites for hydroxylation is 1. The third-order valence-electron chi connectivity index (χ3n) is 4.26. The summed E-state index contributed by atoms with van der Waals surface area (Å²) in [6, 6.07) is 11.7. The molecule has 0 bridgehead atoms. The third-order valence-corrected chi connectivity index (χ3v) is 6.14. The lowest BCUT2D eigenvalue weighted by Crippen LogP contribution is -2.40. The van der Waals surface area contributed by atoms with Crippen LogP contribution in [0.4, 0.5) is 5.82 Å². The predicted octanol–water partition coefficient (Wildman–Crippen LogP) is 2.05. The monoisotopic (exact) mass is 361 g/mol. The van der Waals surface area contributed by atoms with E-state index >= 15 is 0 Å². The second kappa shape index (κ2) is 7.51. The van der Waals surface area contributed by atoms with Crippen LogP contribution in [0, 0.1) is 6.92 Å². The molecule has 2 heterocycles. The fourth-order valence-electron chi connectivity index (χ4n) is 2.74. The quantitative estimate of drug-likeness (QED) is 0.816. The first-order valence-electron chi connectivity index (χ1n) is 8.27. The minimum atomic E-state index is -3.50. The molecule has 1 aromatic heterocycles. The minimum absolute atomic E-state index is 0.224. The van der Waals surface area contributed by atoms with Crippen molar-refractivity contribution in [2.24, 2.45) is 0 Å². The van der Waals surface area contributed by atoms with Gasteiger partial charge >= 0.3 is 0 Å². The predicted molar refractivity (Wildman–Crippen MR) is 97.1 cm³/mol. The molecule has 0 radical (unpaired) electrons. The Balaban J connectivity index is 1.71. The number of benzene rings is 1. The summed E-state index contributed by atoms with van der Waals surface area (Å²) in [7, 11) is -1.55. The molecule has 1 aliphatic rings. The Morgan fingerprint density at radius 1 is 1.12 bits per heavy atom. The lowest BCUT2D eigenvalue weighted by atomic mass is 10.1. The van der Waals surface area contributed by atoms with E-state index in [9.17, 15) is 8.42 Å². The van der Waals surface area contributed by atoms with Gasteiger partial charge < -0.3 is 9.64 Å². The van der Waals surface area contributed by atoms with E-state index < -0.39 is 10.0 Å². The number of nitrogens with zero attached hydrogens (tertiary/aromatic N) is 3. The molecule has 0 spiro atoms. The van der Waals surface area contributed by atoms with E-state index in [1.54, 1.807) is 12.1 Å². The number of pyridine rings is 1. The molecule has 25 heavy (non-hydrogen) atoms. The molecule has 3 rings (SSSR count). The van der Waals surface area contributed by atoms with Crippen molar-refractivity contribution in [3.63, 3.8) is 0 Å². The standard InChI is InChI=1S/C18H23N3O3S/c1-15-3-5-16(6-4-15)14-20(2)18-8-7-17(13-19-18)25(22,23)21-9-11-24-12-10-21/h3-8,13H,9-12,14H2,1-2H3. The molecule has 2 aromatic rings. The van der Waals surface area contributed by atoms with Gasteiger partial charge in [0.15, 0.2) is 0 Å². The Morgan fingerprint density at radius 2 is 1.80 bits per heavy atom. The maximum absolute atomic E-state index is 12.6. The molecule has 1 saturated heterocycles. The Kier molecular flexibility index (Phi) is 5.36. The fourth-order valence-corrected chi connectivity index (χ4v) is 4.09. The number of sulfonamides is 1. The molecule has 1 aromatic carbocycles. The fraction of sp³-hybridized carbons (Fsp3) is 0.389. The maximum Gasteiger partial charge on any atom is 0.244 e. The number of hydrogen-bond donors (Lipinski definition) is 0. The molecule has 0 unspecified atom stereocenters. The van der Waals surface area contributed by atoms with Gasteiger partial charge in [-0.25, -0.2) is 13.4 Å². The van der Waals surface area contributed by atoms with Crippen molar-refractivity contribution < 1.29 is 13.2 Å². The topological polar surface area (TPSA) is 62.7 Å².